The van der Waals surface area contributed by atoms with Gasteiger partial charge in [-0.1, -0.05) is 6.92 Å². The van der Waals surface area contributed by atoms with E-state index in [1.54, 1.807) is 24.3 Å². The van der Waals surface area contributed by atoms with E-state index in [-0.39, 0.29) is 18.1 Å². The van der Waals surface area contributed by atoms with Crippen molar-refractivity contribution < 1.29 is 28.9 Å². The minimum absolute atomic E-state index is 0.0724. The van der Waals surface area contributed by atoms with Gasteiger partial charge in [0.2, 0.25) is 0 Å². The molecule has 0 radical (unpaired) electrons. The van der Waals surface area contributed by atoms with Crippen molar-refractivity contribution in [1.82, 2.24) is 0 Å². The van der Waals surface area contributed by atoms with Gasteiger partial charge in [0, 0.05) is 18.4 Å². The zero-order chi connectivity index (χ0) is 20.5. The van der Waals surface area contributed by atoms with Gasteiger partial charge in [0.1, 0.15) is 0 Å². The molecule has 0 saturated heterocycles. The van der Waals surface area contributed by atoms with E-state index in [0.29, 0.717) is 41.5 Å². The van der Waals surface area contributed by atoms with Crippen LogP contribution in [0.4, 0.5) is 5.69 Å². The minimum Gasteiger partial charge on any atom is -0.490 e. The van der Waals surface area contributed by atoms with Gasteiger partial charge in [0.15, 0.2) is 11.5 Å². The van der Waals surface area contributed by atoms with Crippen LogP contribution in [0.2, 0.25) is 0 Å². The third-order valence-corrected chi connectivity index (χ3v) is 3.78. The second-order valence-electron chi connectivity index (χ2n) is 6.05. The summed E-state index contributed by atoms with van der Waals surface area (Å²) in [6.45, 7) is 5.09. The lowest BCUT2D eigenvalue weighted by atomic mass is 10.1. The molecule has 0 heterocycles. The summed E-state index contributed by atoms with van der Waals surface area (Å²) >= 11 is 0. The predicted octanol–water partition coefficient (Wildman–Crippen LogP) is 3.97. The highest BCUT2D eigenvalue weighted by molar-refractivity contribution is 6.05. The third-order valence-electron chi connectivity index (χ3n) is 3.78. The lowest BCUT2D eigenvalue weighted by Gasteiger charge is -2.13. The van der Waals surface area contributed by atoms with E-state index in [0.717, 1.165) is 6.42 Å². The first kappa shape index (κ1) is 21.2. The van der Waals surface area contributed by atoms with Gasteiger partial charge in [0.05, 0.1) is 25.4 Å². The average Bonchev–Trinajstić information content (AvgIpc) is 2.67. The lowest BCUT2D eigenvalue weighted by Crippen LogP contribution is -2.13. The summed E-state index contributed by atoms with van der Waals surface area (Å²) in [6, 6.07) is 9.53. The van der Waals surface area contributed by atoms with E-state index in [9.17, 15) is 14.7 Å². The molecule has 7 heteroatoms. The minimum atomic E-state index is -1.08. The molecule has 0 unspecified atom stereocenters. The Morgan fingerprint density at radius 3 is 2.43 bits per heavy atom. The Hall–Kier alpha value is -3.06. The number of hydrogen-bond donors (Lipinski definition) is 2. The number of aromatic carboxylic acids is 1. The number of hydrogen-bond acceptors (Lipinski definition) is 5. The van der Waals surface area contributed by atoms with Gasteiger partial charge in [-0.15, -0.1) is 0 Å². The van der Waals surface area contributed by atoms with Gasteiger partial charge in [-0.05, 0) is 55.3 Å². The normalized spacial score (nSPS) is 10.4. The first-order chi connectivity index (χ1) is 13.5. The Balaban J connectivity index is 2.26. The van der Waals surface area contributed by atoms with Gasteiger partial charge >= 0.3 is 5.97 Å². The first-order valence-corrected chi connectivity index (χ1v) is 9.05. The second kappa shape index (κ2) is 10.3. The monoisotopic (exact) mass is 387 g/mol. The van der Waals surface area contributed by atoms with Crippen LogP contribution in [0, 0.1) is 0 Å². The molecule has 0 atom stereocenters. The van der Waals surface area contributed by atoms with Crippen LogP contribution in [-0.2, 0) is 11.3 Å². The molecule has 0 aliphatic heterocycles. The van der Waals surface area contributed by atoms with Crippen LogP contribution >= 0.6 is 0 Å². The fraction of sp³-hybridized carbons (Fsp3) is 0.333. The van der Waals surface area contributed by atoms with Crippen molar-refractivity contribution in [3.63, 3.8) is 0 Å². The number of nitrogens with one attached hydrogen (secondary N) is 1. The van der Waals surface area contributed by atoms with Crippen molar-refractivity contribution in [1.29, 1.82) is 0 Å². The molecule has 0 aromatic heterocycles. The molecule has 0 spiro atoms. The Morgan fingerprint density at radius 2 is 1.79 bits per heavy atom. The summed E-state index contributed by atoms with van der Waals surface area (Å²) < 4.78 is 16.3. The van der Waals surface area contributed by atoms with Crippen molar-refractivity contribution in [2.24, 2.45) is 0 Å². The molecule has 1 amide bonds. The van der Waals surface area contributed by atoms with E-state index in [2.05, 4.69) is 5.32 Å². The quantitative estimate of drug-likeness (QED) is 0.641. The van der Waals surface area contributed by atoms with Crippen LogP contribution in [0.1, 0.15) is 46.5 Å². The maximum absolute atomic E-state index is 12.7. The fourth-order valence-electron chi connectivity index (χ4n) is 2.59. The molecule has 0 fully saturated rings. The molecule has 2 N–H and O–H groups in total. The summed E-state index contributed by atoms with van der Waals surface area (Å²) in [6.07, 6.45) is 0.859. The first-order valence-electron chi connectivity index (χ1n) is 9.05. The van der Waals surface area contributed by atoms with Crippen LogP contribution < -0.4 is 14.8 Å². The number of carboxylic acids is 1. The number of ether oxygens (including phenoxy) is 3. The smallest absolute Gasteiger partial charge is 0.335 e. The lowest BCUT2D eigenvalue weighted by molar-refractivity contribution is 0.0696. The average molecular weight is 387 g/mol. The number of carbonyl (C=O) groups excluding carboxylic acids is 1. The van der Waals surface area contributed by atoms with Crippen molar-refractivity contribution in [3.05, 3.63) is 53.1 Å². The highest BCUT2D eigenvalue weighted by Gasteiger charge is 2.14. The summed E-state index contributed by atoms with van der Waals surface area (Å²) in [7, 11) is 1.52. The van der Waals surface area contributed by atoms with E-state index >= 15 is 0 Å². The van der Waals surface area contributed by atoms with Crippen molar-refractivity contribution >= 4 is 17.6 Å². The summed E-state index contributed by atoms with van der Waals surface area (Å²) in [5, 5.41) is 12.0. The zero-order valence-electron chi connectivity index (χ0n) is 16.3. The Labute approximate surface area is 164 Å². The Bertz CT molecular complexity index is 834. The van der Waals surface area contributed by atoms with Crippen LogP contribution in [0.15, 0.2) is 36.4 Å². The molecule has 2 rings (SSSR count). The number of carbonyl (C=O) groups is 2. The van der Waals surface area contributed by atoms with Gasteiger partial charge in [0.25, 0.3) is 5.91 Å². The van der Waals surface area contributed by atoms with Gasteiger partial charge in [-0.25, -0.2) is 4.79 Å². The van der Waals surface area contributed by atoms with Crippen molar-refractivity contribution in [3.8, 4) is 11.5 Å². The standard InChI is InChI=1S/C21H25NO6/c1-4-8-28-18-7-6-15(12-19(18)27-5-2)20(23)22-17-10-14(13-26-3)9-16(11-17)21(24)25/h6-7,9-12H,4-5,8,13H2,1-3H3,(H,22,23)(H,24,25). The molecular weight excluding hydrogens is 362 g/mol. The molecule has 0 aliphatic carbocycles. The zero-order valence-corrected chi connectivity index (χ0v) is 16.3. The maximum atomic E-state index is 12.7. The van der Waals surface area contributed by atoms with Crippen molar-refractivity contribution in [2.75, 3.05) is 25.6 Å². The number of carboxylic acid groups (broad SMARTS) is 1. The molecule has 0 bridgehead atoms. The van der Waals surface area contributed by atoms with Crippen LogP contribution in [0.3, 0.4) is 0 Å². The van der Waals surface area contributed by atoms with E-state index in [1.165, 1.54) is 19.2 Å². The molecule has 0 aliphatic rings. The number of benzene rings is 2. The van der Waals surface area contributed by atoms with Crippen LogP contribution in [-0.4, -0.2) is 37.3 Å². The summed E-state index contributed by atoms with van der Waals surface area (Å²) in [5.74, 6) is -0.392. The summed E-state index contributed by atoms with van der Waals surface area (Å²) in [5.41, 5.74) is 1.47. The largest absolute Gasteiger partial charge is 0.490 e. The number of anilines is 1. The maximum Gasteiger partial charge on any atom is 0.335 e. The topological polar surface area (TPSA) is 94.1 Å². The molecule has 2 aromatic rings. The van der Waals surface area contributed by atoms with Crippen molar-refractivity contribution in [2.45, 2.75) is 26.9 Å². The van der Waals surface area contributed by atoms with Gasteiger partial charge < -0.3 is 24.6 Å². The molecular formula is C21H25NO6. The third kappa shape index (κ3) is 5.72. The SMILES string of the molecule is CCCOc1ccc(C(=O)Nc2cc(COC)cc(C(=O)O)c2)cc1OCC. The molecule has 28 heavy (non-hydrogen) atoms. The Kier molecular flexibility index (Phi) is 7.83. The number of amides is 1. The molecule has 150 valence electrons. The predicted molar refractivity (Wildman–Crippen MR) is 105 cm³/mol. The Morgan fingerprint density at radius 1 is 1.00 bits per heavy atom. The van der Waals surface area contributed by atoms with E-state index in [1.807, 2.05) is 13.8 Å². The van der Waals surface area contributed by atoms with Gasteiger partial charge in [-0.2, -0.15) is 0 Å². The van der Waals surface area contributed by atoms with Gasteiger partial charge in [-0.3, -0.25) is 4.79 Å². The highest BCUT2D eigenvalue weighted by Crippen LogP contribution is 2.29. The summed E-state index contributed by atoms with van der Waals surface area (Å²) in [4.78, 5) is 24.0. The molecule has 7 nitrogen and oxygen atoms in total. The molecule has 0 saturated carbocycles. The number of methoxy groups -OCH3 is 1. The second-order valence-corrected chi connectivity index (χ2v) is 6.05. The molecule has 2 aromatic carbocycles. The highest BCUT2D eigenvalue weighted by atomic mass is 16.5. The van der Waals surface area contributed by atoms with Crippen LogP contribution in [0.25, 0.3) is 0 Å². The van der Waals surface area contributed by atoms with Crippen LogP contribution in [0.5, 0.6) is 11.5 Å². The number of rotatable bonds is 10. The van der Waals surface area contributed by atoms with E-state index < -0.39 is 5.97 Å². The fourth-order valence-corrected chi connectivity index (χ4v) is 2.59. The van der Waals surface area contributed by atoms with E-state index in [4.69, 9.17) is 14.2 Å².